The first-order valence-corrected chi connectivity index (χ1v) is 14.5. The lowest BCUT2D eigenvalue weighted by molar-refractivity contribution is -0.120. The highest BCUT2D eigenvalue weighted by Crippen LogP contribution is 2.30. The Morgan fingerprint density at radius 3 is 2.67 bits per heavy atom. The van der Waals surface area contributed by atoms with Crippen LogP contribution < -0.4 is 14.8 Å². The lowest BCUT2D eigenvalue weighted by Crippen LogP contribution is -2.35. The number of amides is 1. The monoisotopic (exact) mass is 587 g/mol. The van der Waals surface area contributed by atoms with E-state index in [1.165, 1.54) is 13.1 Å². The highest BCUT2D eigenvalue weighted by molar-refractivity contribution is 5.94. The molecule has 0 radical (unpaired) electrons. The number of carbonyl (C=O) groups is 2. The number of imidazole rings is 1. The van der Waals surface area contributed by atoms with E-state index >= 15 is 0 Å². The summed E-state index contributed by atoms with van der Waals surface area (Å²) in [4.78, 5) is 34.7. The van der Waals surface area contributed by atoms with Gasteiger partial charge in [-0.3, -0.25) is 14.5 Å². The van der Waals surface area contributed by atoms with Crippen molar-refractivity contribution < 1.29 is 28.2 Å². The minimum atomic E-state index is -0.492. The van der Waals surface area contributed by atoms with Crippen LogP contribution in [0.25, 0.3) is 11.0 Å². The molecule has 1 N–H and O–H groups in total. The second kappa shape index (κ2) is 12.9. The van der Waals surface area contributed by atoms with E-state index < -0.39 is 5.82 Å². The van der Waals surface area contributed by atoms with Crippen LogP contribution in [0, 0.1) is 5.82 Å². The van der Waals surface area contributed by atoms with Crippen LogP contribution in [0.1, 0.15) is 52.6 Å². The quantitative estimate of drug-likeness (QED) is 0.260. The van der Waals surface area contributed by atoms with Crippen LogP contribution >= 0.6 is 0 Å². The Balaban J connectivity index is 1.08. The number of nitrogens with one attached hydrogen (secondary N) is 1. The minimum Gasteiger partial charge on any atom is -0.473 e. The van der Waals surface area contributed by atoms with Gasteiger partial charge in [0.05, 0.1) is 30.2 Å². The molecule has 10 nitrogen and oxygen atoms in total. The van der Waals surface area contributed by atoms with Crippen molar-refractivity contribution in [1.82, 2.24) is 24.8 Å². The van der Waals surface area contributed by atoms with E-state index in [1.54, 1.807) is 24.3 Å². The zero-order valence-corrected chi connectivity index (χ0v) is 24.0. The largest absolute Gasteiger partial charge is 0.473 e. The molecule has 0 bridgehead atoms. The lowest BCUT2D eigenvalue weighted by Gasteiger charge is -2.32. The number of ether oxygens (including phenoxy) is 3. The number of aromatic nitrogens is 3. The number of benzene rings is 2. The van der Waals surface area contributed by atoms with Crippen molar-refractivity contribution in [3.8, 4) is 11.6 Å². The van der Waals surface area contributed by atoms with Gasteiger partial charge in [-0.1, -0.05) is 12.1 Å². The van der Waals surface area contributed by atoms with Gasteiger partial charge in [0.2, 0.25) is 5.88 Å². The number of pyridine rings is 1. The summed E-state index contributed by atoms with van der Waals surface area (Å²) in [7, 11) is 1.51. The molecule has 2 aromatic heterocycles. The van der Waals surface area contributed by atoms with Gasteiger partial charge in [-0.2, -0.15) is 0 Å². The van der Waals surface area contributed by atoms with E-state index in [9.17, 15) is 14.0 Å². The topological polar surface area (TPSA) is 108 Å². The van der Waals surface area contributed by atoms with E-state index in [0.29, 0.717) is 36.8 Å². The summed E-state index contributed by atoms with van der Waals surface area (Å²) in [5.74, 6) is 1.36. The van der Waals surface area contributed by atoms with Gasteiger partial charge in [0.15, 0.2) is 0 Å². The number of hydrogen-bond donors (Lipinski definition) is 1. The zero-order valence-electron chi connectivity index (χ0n) is 24.0. The first-order chi connectivity index (χ1) is 21.0. The van der Waals surface area contributed by atoms with Crippen molar-refractivity contribution in [3.05, 3.63) is 83.1 Å². The van der Waals surface area contributed by atoms with Gasteiger partial charge >= 0.3 is 0 Å². The molecule has 4 aromatic rings. The fraction of sp³-hybridized carbons (Fsp3) is 0.375. The summed E-state index contributed by atoms with van der Waals surface area (Å²) in [5, 5.41) is 2.49. The third-order valence-electron chi connectivity index (χ3n) is 8.20. The number of hydrogen-bond acceptors (Lipinski definition) is 8. The fourth-order valence-corrected chi connectivity index (χ4v) is 5.66. The molecular weight excluding hydrogens is 553 g/mol. The number of likely N-dealkylation sites (tertiary alicyclic amines) is 1. The van der Waals surface area contributed by atoms with Crippen LogP contribution in [0.4, 0.5) is 4.39 Å². The molecular formula is C32H34FN5O5. The molecule has 1 amide bonds. The first kappa shape index (κ1) is 28.8. The number of carbonyl (C=O) groups excluding carboxylic acids is 2. The molecule has 0 spiro atoms. The number of halogens is 1. The zero-order chi connectivity index (χ0) is 29.8. The van der Waals surface area contributed by atoms with Crippen molar-refractivity contribution >= 4 is 23.4 Å². The van der Waals surface area contributed by atoms with Crippen LogP contribution in [0.5, 0.6) is 11.6 Å². The van der Waals surface area contributed by atoms with Crippen LogP contribution in [0.15, 0.2) is 54.6 Å². The summed E-state index contributed by atoms with van der Waals surface area (Å²) in [6.07, 6.45) is 3.06. The Morgan fingerprint density at radius 2 is 1.95 bits per heavy atom. The van der Waals surface area contributed by atoms with Crippen LogP contribution in [-0.4, -0.2) is 64.7 Å². The second-order valence-corrected chi connectivity index (χ2v) is 10.9. The number of rotatable bonds is 11. The van der Waals surface area contributed by atoms with Crippen LogP contribution in [0.2, 0.25) is 0 Å². The summed E-state index contributed by atoms with van der Waals surface area (Å²) < 4.78 is 33.3. The summed E-state index contributed by atoms with van der Waals surface area (Å²) in [5.41, 5.74) is 3.38. The third kappa shape index (κ3) is 6.52. The Bertz CT molecular complexity index is 1610. The fourth-order valence-electron chi connectivity index (χ4n) is 5.66. The van der Waals surface area contributed by atoms with E-state index in [-0.39, 0.29) is 30.1 Å². The van der Waals surface area contributed by atoms with Gasteiger partial charge in [0.1, 0.15) is 24.0 Å². The van der Waals surface area contributed by atoms with E-state index in [2.05, 4.69) is 14.8 Å². The molecule has 1 atom stereocenters. The van der Waals surface area contributed by atoms with E-state index in [4.69, 9.17) is 24.2 Å². The van der Waals surface area contributed by atoms with Crippen molar-refractivity contribution in [2.24, 2.45) is 0 Å². The minimum absolute atomic E-state index is 0.0183. The van der Waals surface area contributed by atoms with Crippen LogP contribution in [0.3, 0.4) is 0 Å². The molecule has 224 valence electrons. The normalized spacial score (nSPS) is 17.4. The predicted octanol–water partition coefficient (Wildman–Crippen LogP) is 4.21. The molecule has 0 unspecified atom stereocenters. The molecule has 4 heterocycles. The highest BCUT2D eigenvalue weighted by atomic mass is 19.1. The SMILES string of the molecule is CNC(=O)c1ccc(COc2cccc(C3CCN(Cc4nc5ccc(OC=O)cc5n4C[C@@H]4CCO4)CC3)n2)c(F)c1. The standard InChI is InChI=1S/C32H34FN5O5/c1-34-32(40)22-5-6-23(26(33)15-22)19-42-31-4-2-3-27(36-31)21-9-12-37(13-10-21)18-30-35-28-8-7-24(43-20-39)16-29(28)38(30)17-25-11-14-41-25/h2-8,15-16,20-21,25H,9-14,17-19H2,1H3,(H,34,40)/t25-/m0/s1. The Kier molecular flexibility index (Phi) is 8.62. The van der Waals surface area contributed by atoms with Crippen molar-refractivity contribution in [2.45, 2.75) is 51.0 Å². The van der Waals surface area contributed by atoms with Gasteiger partial charge in [0, 0.05) is 48.5 Å². The van der Waals surface area contributed by atoms with E-state index in [0.717, 1.165) is 61.5 Å². The van der Waals surface area contributed by atoms with E-state index in [1.807, 2.05) is 24.3 Å². The Labute approximate surface area is 248 Å². The Morgan fingerprint density at radius 1 is 1.12 bits per heavy atom. The third-order valence-corrected chi connectivity index (χ3v) is 8.20. The number of piperidine rings is 1. The molecule has 0 aliphatic carbocycles. The van der Waals surface area contributed by atoms with Gasteiger partial charge < -0.3 is 24.1 Å². The van der Waals surface area contributed by atoms with Gasteiger partial charge in [-0.15, -0.1) is 0 Å². The molecule has 6 rings (SSSR count). The second-order valence-electron chi connectivity index (χ2n) is 10.9. The summed E-state index contributed by atoms with van der Waals surface area (Å²) in [6, 6.07) is 15.6. The predicted molar refractivity (Wildman–Crippen MR) is 156 cm³/mol. The van der Waals surface area contributed by atoms with Crippen molar-refractivity contribution in [1.29, 1.82) is 0 Å². The smallest absolute Gasteiger partial charge is 0.298 e. The van der Waals surface area contributed by atoms with Gasteiger partial charge in [0.25, 0.3) is 12.4 Å². The molecule has 2 aromatic carbocycles. The van der Waals surface area contributed by atoms with Gasteiger partial charge in [-0.05, 0) is 62.7 Å². The van der Waals surface area contributed by atoms with Gasteiger partial charge in [-0.25, -0.2) is 14.4 Å². The maximum atomic E-state index is 14.5. The number of nitrogens with zero attached hydrogens (tertiary/aromatic N) is 4. The lowest BCUT2D eigenvalue weighted by atomic mass is 9.93. The molecule has 2 aliphatic heterocycles. The average molecular weight is 588 g/mol. The molecule has 2 saturated heterocycles. The molecule has 43 heavy (non-hydrogen) atoms. The molecule has 11 heteroatoms. The average Bonchev–Trinajstić information content (AvgIpc) is 3.34. The summed E-state index contributed by atoms with van der Waals surface area (Å²) >= 11 is 0. The van der Waals surface area contributed by atoms with Crippen molar-refractivity contribution in [2.75, 3.05) is 26.7 Å². The van der Waals surface area contributed by atoms with Crippen LogP contribution in [-0.2, 0) is 29.2 Å². The Hall–Kier alpha value is -4.35. The molecule has 2 fully saturated rings. The first-order valence-electron chi connectivity index (χ1n) is 14.5. The highest BCUT2D eigenvalue weighted by Gasteiger charge is 2.26. The molecule has 0 saturated carbocycles. The number of fused-ring (bicyclic) bond motifs is 1. The summed E-state index contributed by atoms with van der Waals surface area (Å²) in [6.45, 7) is 4.44. The van der Waals surface area contributed by atoms with Crippen molar-refractivity contribution in [3.63, 3.8) is 0 Å². The maximum Gasteiger partial charge on any atom is 0.298 e. The maximum absolute atomic E-state index is 14.5. The molecule has 2 aliphatic rings.